The standard InChI is InChI=1S/C23H30FN5O2Si/c1-16(30)21-7-6-18(24)11-22(21)23-17(14-26-28(23)2)10-19-12-20(13-25)29(27-19)15-31-8-9-32(3,4)5/h6-7,11-12,14,16,30H,8-10,15H2,1-5H3. The largest absolute Gasteiger partial charge is 0.389 e. The Morgan fingerprint density at radius 3 is 2.69 bits per heavy atom. The Bertz CT molecular complexity index is 1120. The zero-order chi connectivity index (χ0) is 23.5. The third kappa shape index (κ3) is 5.71. The molecule has 0 aliphatic rings. The average Bonchev–Trinajstić information content (AvgIpc) is 3.27. The van der Waals surface area contributed by atoms with E-state index in [9.17, 15) is 14.8 Å². The lowest BCUT2D eigenvalue weighted by atomic mass is 9.96. The number of aromatic nitrogens is 4. The minimum absolute atomic E-state index is 0.226. The van der Waals surface area contributed by atoms with E-state index in [1.807, 2.05) is 0 Å². The number of hydrogen-bond donors (Lipinski definition) is 1. The number of rotatable bonds is 9. The number of aliphatic hydroxyl groups is 1. The Hall–Kier alpha value is -2.80. The first-order valence-electron chi connectivity index (χ1n) is 10.6. The topological polar surface area (TPSA) is 88.9 Å². The summed E-state index contributed by atoms with van der Waals surface area (Å²) in [6, 6.07) is 9.29. The van der Waals surface area contributed by atoms with Gasteiger partial charge in [0.05, 0.1) is 23.7 Å². The lowest BCUT2D eigenvalue weighted by molar-refractivity contribution is 0.0777. The first-order valence-corrected chi connectivity index (χ1v) is 14.3. The fourth-order valence-corrected chi connectivity index (χ4v) is 4.28. The van der Waals surface area contributed by atoms with Gasteiger partial charge < -0.3 is 9.84 Å². The van der Waals surface area contributed by atoms with E-state index in [1.54, 1.807) is 41.7 Å². The van der Waals surface area contributed by atoms with Crippen LogP contribution in [-0.4, -0.2) is 39.3 Å². The number of benzene rings is 1. The van der Waals surface area contributed by atoms with Gasteiger partial charge in [0.15, 0.2) is 0 Å². The predicted molar refractivity (Wildman–Crippen MR) is 123 cm³/mol. The van der Waals surface area contributed by atoms with E-state index in [4.69, 9.17) is 4.74 Å². The van der Waals surface area contributed by atoms with Gasteiger partial charge in [0, 0.05) is 39.3 Å². The molecule has 9 heteroatoms. The zero-order valence-electron chi connectivity index (χ0n) is 19.3. The molecule has 0 fully saturated rings. The second-order valence-electron chi connectivity index (χ2n) is 9.21. The molecule has 0 saturated carbocycles. The summed E-state index contributed by atoms with van der Waals surface area (Å²) in [5, 5.41) is 28.6. The van der Waals surface area contributed by atoms with Crippen molar-refractivity contribution in [2.45, 2.75) is 51.9 Å². The highest BCUT2D eigenvalue weighted by molar-refractivity contribution is 6.76. The lowest BCUT2D eigenvalue weighted by Gasteiger charge is -2.15. The SMILES string of the molecule is CC(O)c1ccc(F)cc1-c1c(Cc2cc(C#N)n(COCC[Si](C)(C)C)n2)cnn1C. The van der Waals surface area contributed by atoms with Gasteiger partial charge in [0.2, 0.25) is 0 Å². The van der Waals surface area contributed by atoms with Crippen LogP contribution in [0.3, 0.4) is 0 Å². The summed E-state index contributed by atoms with van der Waals surface area (Å²) < 4.78 is 23.0. The molecule has 0 aliphatic heterocycles. The van der Waals surface area contributed by atoms with Gasteiger partial charge in [-0.05, 0) is 36.7 Å². The van der Waals surface area contributed by atoms with Gasteiger partial charge in [-0.25, -0.2) is 9.07 Å². The third-order valence-electron chi connectivity index (χ3n) is 5.26. The van der Waals surface area contributed by atoms with E-state index in [1.165, 1.54) is 12.1 Å². The van der Waals surface area contributed by atoms with Crippen LogP contribution < -0.4 is 0 Å². The van der Waals surface area contributed by atoms with Gasteiger partial charge in [-0.15, -0.1) is 0 Å². The van der Waals surface area contributed by atoms with Crippen LogP contribution >= 0.6 is 0 Å². The van der Waals surface area contributed by atoms with Crippen LogP contribution in [-0.2, 0) is 24.9 Å². The number of ether oxygens (including phenoxy) is 1. The highest BCUT2D eigenvalue weighted by Gasteiger charge is 2.20. The van der Waals surface area contributed by atoms with Gasteiger partial charge >= 0.3 is 0 Å². The number of halogens is 1. The molecule has 0 aliphatic carbocycles. The molecular formula is C23H30FN5O2Si. The molecule has 1 atom stereocenters. The molecule has 2 aromatic heterocycles. The molecule has 32 heavy (non-hydrogen) atoms. The maximum atomic E-state index is 14.0. The minimum atomic E-state index is -1.19. The van der Waals surface area contributed by atoms with Gasteiger partial charge in [0.25, 0.3) is 0 Å². The number of aryl methyl sites for hydroxylation is 1. The van der Waals surface area contributed by atoms with Crippen molar-refractivity contribution >= 4 is 8.07 Å². The van der Waals surface area contributed by atoms with Crippen molar-refractivity contribution < 1.29 is 14.2 Å². The number of hydrogen-bond acceptors (Lipinski definition) is 5. The molecule has 0 amide bonds. The van der Waals surface area contributed by atoms with Crippen LogP contribution in [0, 0.1) is 17.1 Å². The summed E-state index contributed by atoms with van der Waals surface area (Å²) in [7, 11) is 0.589. The van der Waals surface area contributed by atoms with E-state index in [-0.39, 0.29) is 12.5 Å². The maximum absolute atomic E-state index is 14.0. The Kier molecular flexibility index (Phi) is 7.28. The fourth-order valence-electron chi connectivity index (χ4n) is 3.53. The first kappa shape index (κ1) is 23.9. The summed E-state index contributed by atoms with van der Waals surface area (Å²) in [4.78, 5) is 0. The van der Waals surface area contributed by atoms with Crippen molar-refractivity contribution in [3.05, 3.63) is 58.8 Å². The second-order valence-corrected chi connectivity index (χ2v) is 14.8. The van der Waals surface area contributed by atoms with Gasteiger partial charge in [-0.1, -0.05) is 25.7 Å². The van der Waals surface area contributed by atoms with E-state index in [2.05, 4.69) is 35.9 Å². The summed E-state index contributed by atoms with van der Waals surface area (Å²) in [5.41, 5.74) is 3.86. The van der Waals surface area contributed by atoms with E-state index >= 15 is 0 Å². The van der Waals surface area contributed by atoms with E-state index in [0.717, 1.165) is 11.6 Å². The first-order chi connectivity index (χ1) is 15.1. The molecule has 1 unspecified atom stereocenters. The van der Waals surface area contributed by atoms with Crippen LogP contribution in [0.25, 0.3) is 11.3 Å². The highest BCUT2D eigenvalue weighted by atomic mass is 28.3. The van der Waals surface area contributed by atoms with Crippen molar-refractivity contribution in [2.75, 3.05) is 6.61 Å². The quantitative estimate of drug-likeness (QED) is 0.385. The van der Waals surface area contributed by atoms with Crippen molar-refractivity contribution in [2.24, 2.45) is 7.05 Å². The second kappa shape index (κ2) is 9.77. The number of nitriles is 1. The lowest BCUT2D eigenvalue weighted by Crippen LogP contribution is -2.22. The molecule has 0 radical (unpaired) electrons. The van der Waals surface area contributed by atoms with Gasteiger partial charge in [-0.3, -0.25) is 4.68 Å². The van der Waals surface area contributed by atoms with E-state index in [0.29, 0.717) is 41.2 Å². The third-order valence-corrected chi connectivity index (χ3v) is 6.97. The predicted octanol–water partition coefficient (Wildman–Crippen LogP) is 4.25. The van der Waals surface area contributed by atoms with Crippen LogP contribution in [0.1, 0.15) is 35.5 Å². The Balaban J connectivity index is 1.85. The molecule has 2 heterocycles. The highest BCUT2D eigenvalue weighted by Crippen LogP contribution is 2.32. The summed E-state index contributed by atoms with van der Waals surface area (Å²) >= 11 is 0. The summed E-state index contributed by atoms with van der Waals surface area (Å²) in [5.74, 6) is -0.386. The summed E-state index contributed by atoms with van der Waals surface area (Å²) in [6.07, 6.45) is 1.36. The van der Waals surface area contributed by atoms with Crippen LogP contribution in [0.5, 0.6) is 0 Å². The van der Waals surface area contributed by atoms with Crippen LogP contribution in [0.2, 0.25) is 25.7 Å². The van der Waals surface area contributed by atoms with Crippen molar-refractivity contribution in [1.29, 1.82) is 5.26 Å². The van der Waals surface area contributed by atoms with Crippen molar-refractivity contribution in [1.82, 2.24) is 19.6 Å². The van der Waals surface area contributed by atoms with E-state index < -0.39 is 14.2 Å². The average molecular weight is 456 g/mol. The zero-order valence-corrected chi connectivity index (χ0v) is 20.3. The molecule has 0 saturated heterocycles. The van der Waals surface area contributed by atoms with Crippen LogP contribution in [0.4, 0.5) is 4.39 Å². The molecule has 0 bridgehead atoms. The van der Waals surface area contributed by atoms with Gasteiger partial charge in [-0.2, -0.15) is 15.5 Å². The smallest absolute Gasteiger partial charge is 0.141 e. The molecule has 1 N–H and O–H groups in total. The molecule has 0 spiro atoms. The molecule has 170 valence electrons. The van der Waals surface area contributed by atoms with Crippen molar-refractivity contribution in [3.8, 4) is 17.3 Å². The van der Waals surface area contributed by atoms with Crippen LogP contribution in [0.15, 0.2) is 30.5 Å². The Labute approximate surface area is 189 Å². The Morgan fingerprint density at radius 2 is 2.03 bits per heavy atom. The maximum Gasteiger partial charge on any atom is 0.141 e. The molecule has 1 aromatic carbocycles. The molecule has 3 aromatic rings. The molecule has 7 nitrogen and oxygen atoms in total. The van der Waals surface area contributed by atoms with Gasteiger partial charge in [0.1, 0.15) is 24.3 Å². The summed E-state index contributed by atoms with van der Waals surface area (Å²) in [6.45, 7) is 9.38. The monoisotopic (exact) mass is 455 g/mol. The molecule has 3 rings (SSSR count). The fraction of sp³-hybridized carbons (Fsp3) is 0.435. The van der Waals surface area contributed by atoms with Crippen molar-refractivity contribution in [3.63, 3.8) is 0 Å². The number of aliphatic hydroxyl groups excluding tert-OH is 1. The minimum Gasteiger partial charge on any atom is -0.389 e. The molecular weight excluding hydrogens is 425 g/mol. The number of nitrogens with zero attached hydrogens (tertiary/aromatic N) is 5. The Morgan fingerprint density at radius 1 is 1.28 bits per heavy atom. The normalized spacial score (nSPS) is 12.7.